The Morgan fingerprint density at radius 3 is 2.18 bits per heavy atom. The lowest BCUT2D eigenvalue weighted by molar-refractivity contribution is -0.384. The highest BCUT2D eigenvalue weighted by molar-refractivity contribution is 8.00. The van der Waals surface area contributed by atoms with Gasteiger partial charge >= 0.3 is 5.97 Å². The van der Waals surface area contributed by atoms with Gasteiger partial charge in [0.05, 0.1) is 4.92 Å². The number of aryl methyl sites for hydroxylation is 2. The first-order chi connectivity index (χ1) is 13.2. The molecule has 2 aromatic carbocycles. The number of carbonyl (C=O) groups excluding carboxylic acids is 2. The molecule has 28 heavy (non-hydrogen) atoms. The molecule has 0 heterocycles. The van der Waals surface area contributed by atoms with Crippen molar-refractivity contribution >= 4 is 35.0 Å². The number of nitro groups is 1. The number of amides is 1. The lowest BCUT2D eigenvalue weighted by Gasteiger charge is -2.18. The normalized spacial score (nSPS) is 12.7. The van der Waals surface area contributed by atoms with Gasteiger partial charge in [0, 0.05) is 22.7 Å². The number of nitro benzene ring substituents is 1. The zero-order chi connectivity index (χ0) is 20.8. The quantitative estimate of drug-likeness (QED) is 0.321. The van der Waals surface area contributed by atoms with Crippen LogP contribution in [0.1, 0.15) is 25.0 Å². The van der Waals surface area contributed by atoms with Crippen LogP contribution in [0.4, 0.5) is 11.4 Å². The van der Waals surface area contributed by atoms with Gasteiger partial charge in [0.2, 0.25) is 0 Å². The SMILES string of the molecule is Cc1cccc(C)c1NC(=O)[C@H](C)OC(=O)[C@H](C)Sc1ccc([N+](=O)[O-])cc1. The third-order valence-electron chi connectivity index (χ3n) is 4.08. The molecule has 2 atom stereocenters. The van der Waals surface area contributed by atoms with Gasteiger partial charge in [0.15, 0.2) is 6.10 Å². The van der Waals surface area contributed by atoms with E-state index in [0.717, 1.165) is 11.1 Å². The molecule has 8 heteroatoms. The number of non-ortho nitro benzene ring substituents is 1. The predicted molar refractivity (Wildman–Crippen MR) is 109 cm³/mol. The fourth-order valence-corrected chi connectivity index (χ4v) is 3.31. The van der Waals surface area contributed by atoms with Crippen LogP contribution in [0.2, 0.25) is 0 Å². The molecule has 0 aromatic heterocycles. The number of esters is 1. The molecule has 1 amide bonds. The average Bonchev–Trinajstić information content (AvgIpc) is 2.64. The third-order valence-corrected chi connectivity index (χ3v) is 5.17. The Morgan fingerprint density at radius 1 is 1.07 bits per heavy atom. The van der Waals surface area contributed by atoms with Crippen molar-refractivity contribution in [3.05, 3.63) is 63.7 Å². The summed E-state index contributed by atoms with van der Waals surface area (Å²) in [6.45, 7) is 6.96. The standard InChI is InChI=1S/C20H22N2O5S/c1-12-6-5-7-13(2)18(12)21-19(23)14(3)27-20(24)15(4)28-17-10-8-16(9-11-17)22(25)26/h5-11,14-15H,1-4H3,(H,21,23)/t14-,15-/m0/s1. The lowest BCUT2D eigenvalue weighted by Crippen LogP contribution is -2.32. The smallest absolute Gasteiger partial charge is 0.319 e. The van der Waals surface area contributed by atoms with E-state index in [1.54, 1.807) is 19.1 Å². The first-order valence-corrected chi connectivity index (χ1v) is 9.55. The molecule has 0 aliphatic rings. The molecule has 0 aliphatic heterocycles. The van der Waals surface area contributed by atoms with Crippen molar-refractivity contribution in [3.63, 3.8) is 0 Å². The minimum absolute atomic E-state index is 0.0172. The molecule has 0 unspecified atom stereocenters. The van der Waals surface area contributed by atoms with E-state index in [9.17, 15) is 19.7 Å². The second-order valence-electron chi connectivity index (χ2n) is 6.35. The summed E-state index contributed by atoms with van der Waals surface area (Å²) in [5, 5.41) is 12.9. The molecule has 148 valence electrons. The van der Waals surface area contributed by atoms with Gasteiger partial charge in [-0.1, -0.05) is 18.2 Å². The topological polar surface area (TPSA) is 98.5 Å². The molecule has 2 rings (SSSR count). The van der Waals surface area contributed by atoms with Crippen molar-refractivity contribution in [3.8, 4) is 0 Å². The van der Waals surface area contributed by atoms with Crippen molar-refractivity contribution in [2.24, 2.45) is 0 Å². The summed E-state index contributed by atoms with van der Waals surface area (Å²) >= 11 is 1.21. The summed E-state index contributed by atoms with van der Waals surface area (Å²) in [6, 6.07) is 11.6. The van der Waals surface area contributed by atoms with E-state index in [2.05, 4.69) is 5.32 Å². The molecule has 0 aliphatic carbocycles. The largest absolute Gasteiger partial charge is 0.452 e. The van der Waals surface area contributed by atoms with E-state index < -0.39 is 28.2 Å². The minimum Gasteiger partial charge on any atom is -0.452 e. The second kappa shape index (κ2) is 9.36. The number of para-hydroxylation sites is 1. The van der Waals surface area contributed by atoms with E-state index in [1.807, 2.05) is 32.0 Å². The van der Waals surface area contributed by atoms with Crippen LogP contribution in [-0.2, 0) is 14.3 Å². The number of nitrogens with zero attached hydrogens (tertiary/aromatic N) is 1. The molecule has 2 aromatic rings. The fourth-order valence-electron chi connectivity index (χ4n) is 2.46. The fraction of sp³-hybridized carbons (Fsp3) is 0.300. The molecular formula is C20H22N2O5S. The molecule has 0 fully saturated rings. The number of nitrogens with one attached hydrogen (secondary N) is 1. The van der Waals surface area contributed by atoms with Crippen molar-refractivity contribution < 1.29 is 19.2 Å². The van der Waals surface area contributed by atoms with Crippen LogP contribution in [0.5, 0.6) is 0 Å². The maximum absolute atomic E-state index is 12.4. The van der Waals surface area contributed by atoms with E-state index in [0.29, 0.717) is 10.6 Å². The maximum Gasteiger partial charge on any atom is 0.319 e. The van der Waals surface area contributed by atoms with Gasteiger partial charge in [-0.25, -0.2) is 0 Å². The van der Waals surface area contributed by atoms with Crippen LogP contribution < -0.4 is 5.32 Å². The van der Waals surface area contributed by atoms with Crippen LogP contribution in [-0.4, -0.2) is 28.2 Å². The van der Waals surface area contributed by atoms with Crippen molar-refractivity contribution in [1.29, 1.82) is 0 Å². The van der Waals surface area contributed by atoms with Crippen LogP contribution in [0.25, 0.3) is 0 Å². The maximum atomic E-state index is 12.4. The highest BCUT2D eigenvalue weighted by Gasteiger charge is 2.23. The predicted octanol–water partition coefficient (Wildman–Crippen LogP) is 4.26. The Morgan fingerprint density at radius 2 is 1.64 bits per heavy atom. The van der Waals surface area contributed by atoms with Crippen molar-refractivity contribution in [2.75, 3.05) is 5.32 Å². The molecular weight excluding hydrogens is 380 g/mol. The van der Waals surface area contributed by atoms with Crippen LogP contribution in [0.15, 0.2) is 47.4 Å². The van der Waals surface area contributed by atoms with E-state index in [4.69, 9.17) is 4.74 Å². The summed E-state index contributed by atoms with van der Waals surface area (Å²) in [5.41, 5.74) is 2.54. The number of benzene rings is 2. The van der Waals surface area contributed by atoms with Gasteiger partial charge in [0.25, 0.3) is 11.6 Å². The summed E-state index contributed by atoms with van der Waals surface area (Å²) in [5.74, 6) is -0.939. The number of carbonyl (C=O) groups is 2. The number of anilines is 1. The zero-order valence-electron chi connectivity index (χ0n) is 16.1. The summed E-state index contributed by atoms with van der Waals surface area (Å²) in [7, 11) is 0. The summed E-state index contributed by atoms with van der Waals surface area (Å²) < 4.78 is 5.28. The average molecular weight is 402 g/mol. The lowest BCUT2D eigenvalue weighted by atomic mass is 10.1. The number of hydrogen-bond donors (Lipinski definition) is 1. The van der Waals surface area contributed by atoms with E-state index >= 15 is 0 Å². The van der Waals surface area contributed by atoms with Gasteiger partial charge in [-0.2, -0.15) is 0 Å². The number of ether oxygens (including phenoxy) is 1. The highest BCUT2D eigenvalue weighted by Crippen LogP contribution is 2.26. The van der Waals surface area contributed by atoms with Gasteiger partial charge in [-0.05, 0) is 51.0 Å². The van der Waals surface area contributed by atoms with Crippen molar-refractivity contribution in [1.82, 2.24) is 0 Å². The Bertz CT molecular complexity index is 862. The molecule has 0 radical (unpaired) electrons. The van der Waals surface area contributed by atoms with E-state index in [1.165, 1.54) is 30.8 Å². The van der Waals surface area contributed by atoms with Gasteiger partial charge < -0.3 is 10.1 Å². The minimum atomic E-state index is -0.952. The van der Waals surface area contributed by atoms with E-state index in [-0.39, 0.29) is 5.69 Å². The van der Waals surface area contributed by atoms with Crippen LogP contribution in [0.3, 0.4) is 0 Å². The molecule has 0 bridgehead atoms. The zero-order valence-corrected chi connectivity index (χ0v) is 16.9. The second-order valence-corrected chi connectivity index (χ2v) is 7.76. The summed E-state index contributed by atoms with van der Waals surface area (Å²) in [4.78, 5) is 35.6. The molecule has 1 N–H and O–H groups in total. The van der Waals surface area contributed by atoms with Crippen LogP contribution >= 0.6 is 11.8 Å². The highest BCUT2D eigenvalue weighted by atomic mass is 32.2. The van der Waals surface area contributed by atoms with Gasteiger partial charge in [-0.3, -0.25) is 19.7 Å². The number of rotatable bonds is 7. The molecule has 0 spiro atoms. The number of thioether (sulfide) groups is 1. The Labute approximate surface area is 167 Å². The van der Waals surface area contributed by atoms with Gasteiger partial charge in [0.1, 0.15) is 5.25 Å². The summed E-state index contributed by atoms with van der Waals surface area (Å²) in [6.07, 6.45) is -0.952. The molecule has 0 saturated carbocycles. The molecule has 7 nitrogen and oxygen atoms in total. The Kier molecular flexibility index (Phi) is 7.17. The van der Waals surface area contributed by atoms with Crippen molar-refractivity contribution in [2.45, 2.75) is 43.9 Å². The molecule has 0 saturated heterocycles. The Balaban J connectivity index is 1.93. The van der Waals surface area contributed by atoms with Gasteiger partial charge in [-0.15, -0.1) is 11.8 Å². The Hall–Kier alpha value is -2.87. The monoisotopic (exact) mass is 402 g/mol. The third kappa shape index (κ3) is 5.56. The number of hydrogen-bond acceptors (Lipinski definition) is 6. The first-order valence-electron chi connectivity index (χ1n) is 8.67. The first kappa shape index (κ1) is 21.4. The van der Waals surface area contributed by atoms with Crippen LogP contribution in [0, 0.1) is 24.0 Å².